The summed E-state index contributed by atoms with van der Waals surface area (Å²) in [7, 11) is -3.08. The van der Waals surface area contributed by atoms with Crippen LogP contribution in [-0.4, -0.2) is 49.7 Å². The van der Waals surface area contributed by atoms with E-state index in [-0.39, 0.29) is 30.8 Å². The number of carbonyl (C=O) groups is 1. The van der Waals surface area contributed by atoms with Gasteiger partial charge in [0.15, 0.2) is 5.75 Å². The zero-order chi connectivity index (χ0) is 29.5. The van der Waals surface area contributed by atoms with E-state index in [1.54, 1.807) is 12.3 Å². The second kappa shape index (κ2) is 11.7. The summed E-state index contributed by atoms with van der Waals surface area (Å²) >= 11 is 13.5. The molecule has 0 fully saturated rings. The highest BCUT2D eigenvalue weighted by Crippen LogP contribution is 2.48. The van der Waals surface area contributed by atoms with Gasteiger partial charge in [-0.1, -0.05) is 41.4 Å². The van der Waals surface area contributed by atoms with Crippen molar-refractivity contribution < 1.29 is 32.5 Å². The fourth-order valence-corrected chi connectivity index (χ4v) is 6.85. The number of sulfone groups is 1. The smallest absolute Gasteiger partial charge is 0.304 e. The molecule has 1 aliphatic heterocycles. The summed E-state index contributed by atoms with van der Waals surface area (Å²) < 4.78 is 40.8. The molecule has 218 valence electrons. The molecule has 0 saturated carbocycles. The quantitative estimate of drug-likeness (QED) is 0.256. The van der Waals surface area contributed by atoms with Gasteiger partial charge in [0, 0.05) is 30.0 Å². The summed E-state index contributed by atoms with van der Waals surface area (Å²) in [6, 6.07) is 7.83. The molecule has 2 aliphatic rings. The van der Waals surface area contributed by atoms with Crippen LogP contribution in [0, 0.1) is 13.8 Å². The van der Waals surface area contributed by atoms with Crippen LogP contribution in [0.5, 0.6) is 17.4 Å². The summed E-state index contributed by atoms with van der Waals surface area (Å²) in [5.74, 6) is 0.348. The molecule has 0 radical (unpaired) electrons. The summed E-state index contributed by atoms with van der Waals surface area (Å²) in [6.07, 6.45) is 4.52. The van der Waals surface area contributed by atoms with E-state index >= 15 is 0 Å². The lowest BCUT2D eigenvalue weighted by molar-refractivity contribution is -0.137. The van der Waals surface area contributed by atoms with E-state index in [0.717, 1.165) is 51.8 Å². The van der Waals surface area contributed by atoms with Crippen LogP contribution in [-0.2, 0) is 21.1 Å². The number of aliphatic carboxylic acids is 1. The molecule has 0 saturated heterocycles. The van der Waals surface area contributed by atoms with E-state index < -0.39 is 15.8 Å². The number of aromatic nitrogens is 1. The molecule has 0 spiro atoms. The molecule has 2 heterocycles. The van der Waals surface area contributed by atoms with E-state index in [4.69, 9.17) is 42.5 Å². The first-order valence-corrected chi connectivity index (χ1v) is 16.2. The molecule has 11 heteroatoms. The average Bonchev–Trinajstić information content (AvgIpc) is 3.50. The Bertz CT molecular complexity index is 1590. The maximum Gasteiger partial charge on any atom is 0.304 e. The highest BCUT2D eigenvalue weighted by atomic mass is 35.5. The third kappa shape index (κ3) is 6.12. The van der Waals surface area contributed by atoms with Gasteiger partial charge in [0.05, 0.1) is 35.4 Å². The molecule has 1 aromatic heterocycles. The Morgan fingerprint density at radius 2 is 1.90 bits per heavy atom. The monoisotopic (exact) mass is 619 g/mol. The first-order chi connectivity index (χ1) is 19.4. The second-order valence-electron chi connectivity index (χ2n) is 10.6. The molecule has 1 unspecified atom stereocenters. The Hall–Kier alpha value is -3.01. The number of fused-ring (bicyclic) bond motifs is 2. The molecule has 2 aromatic carbocycles. The van der Waals surface area contributed by atoms with Crippen molar-refractivity contribution in [3.05, 3.63) is 68.3 Å². The SMILES string of the molecule is Cc1c(Cl)c(OCCCS(C)(=O)=O)c(Cl)c(C)c1-c1cccc2c1CCC2Oc1cc2c(cn1)[C@H](CC(=O)O)CO2. The van der Waals surface area contributed by atoms with Gasteiger partial charge >= 0.3 is 5.97 Å². The lowest BCUT2D eigenvalue weighted by Gasteiger charge is -2.21. The normalized spacial score (nSPS) is 17.6. The summed E-state index contributed by atoms with van der Waals surface area (Å²) in [5, 5.41) is 9.96. The van der Waals surface area contributed by atoms with Crippen LogP contribution in [0.4, 0.5) is 0 Å². The second-order valence-corrected chi connectivity index (χ2v) is 13.6. The van der Waals surface area contributed by atoms with Crippen LogP contribution in [0.3, 0.4) is 0 Å². The number of benzene rings is 2. The van der Waals surface area contributed by atoms with Gasteiger partial charge in [-0.2, -0.15) is 0 Å². The highest BCUT2D eigenvalue weighted by molar-refractivity contribution is 7.90. The number of hydrogen-bond donors (Lipinski definition) is 1. The lowest BCUT2D eigenvalue weighted by Crippen LogP contribution is -2.09. The van der Waals surface area contributed by atoms with Crippen LogP contribution in [0.2, 0.25) is 10.0 Å². The number of nitrogens with zero attached hydrogens (tertiary/aromatic N) is 1. The number of pyridine rings is 1. The molecule has 8 nitrogen and oxygen atoms in total. The number of rotatable bonds is 10. The zero-order valence-electron chi connectivity index (χ0n) is 23.0. The largest absolute Gasteiger partial charge is 0.492 e. The Kier molecular flexibility index (Phi) is 8.41. The van der Waals surface area contributed by atoms with Crippen molar-refractivity contribution in [2.24, 2.45) is 0 Å². The first-order valence-electron chi connectivity index (χ1n) is 13.4. The highest BCUT2D eigenvalue weighted by Gasteiger charge is 2.31. The van der Waals surface area contributed by atoms with Crippen LogP contribution in [0.15, 0.2) is 30.5 Å². The van der Waals surface area contributed by atoms with Gasteiger partial charge in [0.1, 0.15) is 21.7 Å². The van der Waals surface area contributed by atoms with E-state index in [2.05, 4.69) is 17.1 Å². The minimum Gasteiger partial charge on any atom is -0.492 e. The minimum atomic E-state index is -3.08. The van der Waals surface area contributed by atoms with Crippen molar-refractivity contribution in [2.75, 3.05) is 25.2 Å². The molecule has 41 heavy (non-hydrogen) atoms. The van der Waals surface area contributed by atoms with Crippen molar-refractivity contribution in [3.8, 4) is 28.5 Å². The van der Waals surface area contributed by atoms with Gasteiger partial charge in [0.25, 0.3) is 0 Å². The van der Waals surface area contributed by atoms with Gasteiger partial charge in [0.2, 0.25) is 5.88 Å². The maximum absolute atomic E-state index is 11.4. The Morgan fingerprint density at radius 1 is 1.17 bits per heavy atom. The zero-order valence-corrected chi connectivity index (χ0v) is 25.3. The molecule has 0 bridgehead atoms. The van der Waals surface area contributed by atoms with Gasteiger partial charge in [-0.3, -0.25) is 4.79 Å². The van der Waals surface area contributed by atoms with Crippen molar-refractivity contribution in [3.63, 3.8) is 0 Å². The number of halogens is 2. The lowest BCUT2D eigenvalue weighted by atomic mass is 9.90. The van der Waals surface area contributed by atoms with Crippen molar-refractivity contribution in [1.29, 1.82) is 0 Å². The molecule has 1 aliphatic carbocycles. The minimum absolute atomic E-state index is 0.00316. The van der Waals surface area contributed by atoms with Gasteiger partial charge in [-0.15, -0.1) is 0 Å². The number of carboxylic acid groups (broad SMARTS) is 1. The predicted molar refractivity (Wildman–Crippen MR) is 158 cm³/mol. The van der Waals surface area contributed by atoms with E-state index in [1.807, 2.05) is 19.9 Å². The first kappa shape index (κ1) is 29.5. The standard InChI is InChI=1S/C30H31Cl2NO7S/c1-16-27(17(2)29(32)30(28(16)31)38-10-5-11-41(3,36)37)21-7-4-6-20-19(21)8-9-23(20)40-25-13-24-22(14-33-25)18(15-39-24)12-26(34)35/h4,6-7,13-14,18,23H,5,8-12,15H2,1-3H3,(H,34,35)/t18-,23?/m1/s1. The topological polar surface area (TPSA) is 112 Å². The number of ether oxygens (including phenoxy) is 3. The predicted octanol–water partition coefficient (Wildman–Crippen LogP) is 6.50. The Balaban J connectivity index is 1.39. The molecule has 1 N–H and O–H groups in total. The summed E-state index contributed by atoms with van der Waals surface area (Å²) in [4.78, 5) is 15.6. The Labute approximate surface area is 249 Å². The van der Waals surface area contributed by atoms with E-state index in [9.17, 15) is 13.2 Å². The van der Waals surface area contributed by atoms with Crippen molar-refractivity contribution in [1.82, 2.24) is 4.98 Å². The summed E-state index contributed by atoms with van der Waals surface area (Å²) in [5.41, 5.74) is 6.62. The van der Waals surface area contributed by atoms with Crippen LogP contribution in [0.1, 0.15) is 59.1 Å². The van der Waals surface area contributed by atoms with E-state index in [1.165, 1.54) is 6.26 Å². The molecule has 5 rings (SSSR count). The van der Waals surface area contributed by atoms with E-state index in [0.29, 0.717) is 40.5 Å². The van der Waals surface area contributed by atoms with Crippen molar-refractivity contribution in [2.45, 2.75) is 51.6 Å². The molecule has 2 atom stereocenters. The molecular formula is C30H31Cl2NO7S. The molecular weight excluding hydrogens is 589 g/mol. The molecule has 0 amide bonds. The van der Waals surface area contributed by atoms with Gasteiger partial charge in [-0.05, 0) is 66.5 Å². The molecule has 3 aromatic rings. The van der Waals surface area contributed by atoms with Crippen LogP contribution >= 0.6 is 23.2 Å². The third-order valence-corrected chi connectivity index (χ3v) is 9.57. The van der Waals surface area contributed by atoms with Crippen molar-refractivity contribution >= 4 is 39.0 Å². The van der Waals surface area contributed by atoms with Crippen LogP contribution in [0.25, 0.3) is 11.1 Å². The average molecular weight is 621 g/mol. The Morgan fingerprint density at radius 3 is 2.59 bits per heavy atom. The van der Waals surface area contributed by atoms with Crippen LogP contribution < -0.4 is 14.2 Å². The number of hydrogen-bond acceptors (Lipinski definition) is 7. The fourth-order valence-electron chi connectivity index (χ4n) is 5.67. The number of carboxylic acids is 1. The third-order valence-electron chi connectivity index (χ3n) is 7.63. The maximum atomic E-state index is 11.4. The van der Waals surface area contributed by atoms with Gasteiger partial charge < -0.3 is 19.3 Å². The summed E-state index contributed by atoms with van der Waals surface area (Å²) in [6.45, 7) is 4.36. The fraction of sp³-hybridized carbons (Fsp3) is 0.400. The van der Waals surface area contributed by atoms with Gasteiger partial charge in [-0.25, -0.2) is 13.4 Å².